The second-order valence-electron chi connectivity index (χ2n) is 5.63. The number of nitrogens with two attached hydrogens (primary N) is 1. The quantitative estimate of drug-likeness (QED) is 0.868. The van der Waals surface area contributed by atoms with Crippen molar-refractivity contribution in [3.8, 4) is 0 Å². The van der Waals surface area contributed by atoms with Crippen LogP contribution in [-0.2, 0) is 7.05 Å². The Labute approximate surface area is 104 Å². The number of rotatable bonds is 3. The predicted molar refractivity (Wildman–Crippen MR) is 69.6 cm³/mol. The molecular formula is C13H24N4. The highest BCUT2D eigenvalue weighted by Gasteiger charge is 2.35. The Balaban J connectivity index is 2.13. The first-order valence-electron chi connectivity index (χ1n) is 6.51. The van der Waals surface area contributed by atoms with Gasteiger partial charge < -0.3 is 5.73 Å². The van der Waals surface area contributed by atoms with Crippen LogP contribution in [0.15, 0.2) is 12.4 Å². The molecule has 4 nitrogen and oxygen atoms in total. The molecule has 96 valence electrons. The van der Waals surface area contributed by atoms with Crippen molar-refractivity contribution in [2.24, 2.45) is 12.8 Å². The molecule has 1 atom stereocenters. The largest absolute Gasteiger partial charge is 0.322 e. The van der Waals surface area contributed by atoms with E-state index in [1.54, 1.807) is 0 Å². The van der Waals surface area contributed by atoms with E-state index >= 15 is 0 Å². The lowest BCUT2D eigenvalue weighted by Crippen LogP contribution is -2.53. The van der Waals surface area contributed by atoms with Gasteiger partial charge in [0.15, 0.2) is 0 Å². The molecule has 1 unspecified atom stereocenters. The van der Waals surface area contributed by atoms with Gasteiger partial charge in [-0.1, -0.05) is 6.42 Å². The number of aryl methyl sites for hydroxylation is 1. The second kappa shape index (κ2) is 4.78. The van der Waals surface area contributed by atoms with Crippen LogP contribution in [0, 0.1) is 0 Å². The van der Waals surface area contributed by atoms with Gasteiger partial charge in [0.05, 0.1) is 12.2 Å². The molecule has 2 N–H and O–H groups in total. The fraction of sp³-hybridized carbons (Fsp3) is 0.769. The van der Waals surface area contributed by atoms with Gasteiger partial charge in [0, 0.05) is 24.3 Å². The maximum Gasteiger partial charge on any atom is 0.0538 e. The zero-order chi connectivity index (χ0) is 12.5. The summed E-state index contributed by atoms with van der Waals surface area (Å²) in [7, 11) is 1.93. The molecule has 0 amide bonds. The van der Waals surface area contributed by atoms with Crippen LogP contribution in [0.25, 0.3) is 0 Å². The first-order chi connectivity index (χ1) is 8.01. The molecule has 1 aliphatic rings. The molecule has 0 spiro atoms. The standard InChI is InChI=1S/C13H24N4/c1-13(2,17-7-5-4-6-8-17)12(14)11-9-15-16(3)10-11/h9-10,12H,4-8,14H2,1-3H3. The maximum atomic E-state index is 6.42. The number of aromatic nitrogens is 2. The lowest BCUT2D eigenvalue weighted by Gasteiger charge is -2.44. The Morgan fingerprint density at radius 3 is 2.47 bits per heavy atom. The van der Waals surface area contributed by atoms with E-state index in [0.717, 1.165) is 5.56 Å². The van der Waals surface area contributed by atoms with E-state index in [1.807, 2.05) is 24.1 Å². The summed E-state index contributed by atoms with van der Waals surface area (Å²) >= 11 is 0. The molecule has 0 aliphatic carbocycles. The summed E-state index contributed by atoms with van der Waals surface area (Å²) in [5, 5.41) is 4.21. The van der Waals surface area contributed by atoms with Crippen LogP contribution in [0.4, 0.5) is 0 Å². The molecule has 0 saturated carbocycles. The van der Waals surface area contributed by atoms with Crippen LogP contribution in [0.5, 0.6) is 0 Å². The normalized spacial score (nSPS) is 20.5. The van der Waals surface area contributed by atoms with Crippen LogP contribution in [0.2, 0.25) is 0 Å². The Kier molecular flexibility index (Phi) is 3.54. The lowest BCUT2D eigenvalue weighted by molar-refractivity contribution is 0.0729. The number of piperidine rings is 1. The van der Waals surface area contributed by atoms with Crippen molar-refractivity contribution in [2.75, 3.05) is 13.1 Å². The van der Waals surface area contributed by atoms with Gasteiger partial charge in [-0.3, -0.25) is 9.58 Å². The zero-order valence-electron chi connectivity index (χ0n) is 11.2. The van der Waals surface area contributed by atoms with Gasteiger partial charge >= 0.3 is 0 Å². The van der Waals surface area contributed by atoms with Crippen molar-refractivity contribution >= 4 is 0 Å². The molecule has 0 radical (unpaired) electrons. The third-order valence-electron chi connectivity index (χ3n) is 4.02. The van der Waals surface area contributed by atoms with Crippen molar-refractivity contribution < 1.29 is 0 Å². The second-order valence-corrected chi connectivity index (χ2v) is 5.63. The van der Waals surface area contributed by atoms with Gasteiger partial charge in [0.1, 0.15) is 0 Å². The summed E-state index contributed by atoms with van der Waals surface area (Å²) in [6.45, 7) is 6.83. The average molecular weight is 236 g/mol. The first-order valence-corrected chi connectivity index (χ1v) is 6.51. The molecule has 0 bridgehead atoms. The van der Waals surface area contributed by atoms with Gasteiger partial charge in [-0.05, 0) is 39.8 Å². The maximum absolute atomic E-state index is 6.42. The molecule has 2 heterocycles. The third kappa shape index (κ3) is 2.53. The minimum atomic E-state index is 0.00343. The van der Waals surface area contributed by atoms with E-state index < -0.39 is 0 Å². The predicted octanol–water partition coefficient (Wildman–Crippen LogP) is 1.68. The minimum Gasteiger partial charge on any atom is -0.322 e. The number of hydrogen-bond acceptors (Lipinski definition) is 3. The topological polar surface area (TPSA) is 47.1 Å². The fourth-order valence-electron chi connectivity index (χ4n) is 2.68. The summed E-state index contributed by atoms with van der Waals surface area (Å²) < 4.78 is 1.82. The van der Waals surface area contributed by atoms with E-state index in [-0.39, 0.29) is 11.6 Å². The van der Waals surface area contributed by atoms with E-state index in [9.17, 15) is 0 Å². The Bertz CT molecular complexity index is 363. The Morgan fingerprint density at radius 1 is 1.29 bits per heavy atom. The van der Waals surface area contributed by atoms with Crippen LogP contribution < -0.4 is 5.73 Å². The lowest BCUT2D eigenvalue weighted by atomic mass is 9.87. The van der Waals surface area contributed by atoms with E-state index in [1.165, 1.54) is 32.4 Å². The fourth-order valence-corrected chi connectivity index (χ4v) is 2.68. The molecule has 0 aromatic carbocycles. The molecule has 1 aromatic rings. The minimum absolute atomic E-state index is 0.00343. The average Bonchev–Trinajstić information content (AvgIpc) is 2.76. The van der Waals surface area contributed by atoms with E-state index in [0.29, 0.717) is 0 Å². The molecular weight excluding hydrogens is 212 g/mol. The molecule has 2 rings (SSSR count). The van der Waals surface area contributed by atoms with Crippen molar-refractivity contribution in [1.29, 1.82) is 0 Å². The molecule has 1 fully saturated rings. The van der Waals surface area contributed by atoms with Gasteiger partial charge in [-0.2, -0.15) is 5.10 Å². The molecule has 17 heavy (non-hydrogen) atoms. The summed E-state index contributed by atoms with van der Waals surface area (Å²) in [6.07, 6.45) is 7.85. The van der Waals surface area contributed by atoms with Gasteiger partial charge in [0.25, 0.3) is 0 Å². The summed E-state index contributed by atoms with van der Waals surface area (Å²) in [5.74, 6) is 0. The van der Waals surface area contributed by atoms with E-state index in [2.05, 4.69) is 23.8 Å². The summed E-state index contributed by atoms with van der Waals surface area (Å²) in [5.41, 5.74) is 7.55. The van der Waals surface area contributed by atoms with Crippen molar-refractivity contribution in [3.05, 3.63) is 18.0 Å². The monoisotopic (exact) mass is 236 g/mol. The van der Waals surface area contributed by atoms with Crippen LogP contribution in [0.3, 0.4) is 0 Å². The highest BCUT2D eigenvalue weighted by atomic mass is 15.2. The molecule has 1 aromatic heterocycles. The SMILES string of the molecule is Cn1cc(C(N)C(C)(C)N2CCCCC2)cn1. The number of hydrogen-bond donors (Lipinski definition) is 1. The van der Waals surface area contributed by atoms with Crippen molar-refractivity contribution in [3.63, 3.8) is 0 Å². The van der Waals surface area contributed by atoms with Crippen LogP contribution >= 0.6 is 0 Å². The van der Waals surface area contributed by atoms with Gasteiger partial charge in [-0.25, -0.2) is 0 Å². The highest BCUT2D eigenvalue weighted by Crippen LogP contribution is 2.30. The zero-order valence-corrected chi connectivity index (χ0v) is 11.2. The Morgan fingerprint density at radius 2 is 1.94 bits per heavy atom. The highest BCUT2D eigenvalue weighted by molar-refractivity contribution is 5.15. The summed E-state index contributed by atoms with van der Waals surface area (Å²) in [4.78, 5) is 2.52. The van der Waals surface area contributed by atoms with Crippen LogP contribution in [-0.4, -0.2) is 33.3 Å². The molecule has 1 saturated heterocycles. The van der Waals surface area contributed by atoms with Gasteiger partial charge in [-0.15, -0.1) is 0 Å². The molecule has 4 heteroatoms. The van der Waals surface area contributed by atoms with E-state index in [4.69, 9.17) is 5.73 Å². The van der Waals surface area contributed by atoms with Crippen LogP contribution in [0.1, 0.15) is 44.7 Å². The van der Waals surface area contributed by atoms with Crippen molar-refractivity contribution in [2.45, 2.75) is 44.7 Å². The number of nitrogens with zero attached hydrogens (tertiary/aromatic N) is 3. The third-order valence-corrected chi connectivity index (χ3v) is 4.02. The Hall–Kier alpha value is -0.870. The number of likely N-dealkylation sites (tertiary alicyclic amines) is 1. The molecule has 1 aliphatic heterocycles. The van der Waals surface area contributed by atoms with Gasteiger partial charge in [0.2, 0.25) is 0 Å². The first kappa shape index (κ1) is 12.6. The van der Waals surface area contributed by atoms with Crippen molar-refractivity contribution in [1.82, 2.24) is 14.7 Å². The smallest absolute Gasteiger partial charge is 0.0538 e. The summed E-state index contributed by atoms with van der Waals surface area (Å²) in [6, 6.07) is 0.0225.